The van der Waals surface area contributed by atoms with Gasteiger partial charge in [-0.1, -0.05) is 54.1 Å². The van der Waals surface area contributed by atoms with Crippen molar-refractivity contribution in [1.82, 2.24) is 0 Å². The van der Waals surface area contributed by atoms with Gasteiger partial charge in [0.15, 0.2) is 0 Å². The van der Waals surface area contributed by atoms with Crippen LogP contribution < -0.4 is 0 Å². The van der Waals surface area contributed by atoms with Crippen molar-refractivity contribution < 1.29 is 9.90 Å². The quantitative estimate of drug-likeness (QED) is 0.744. The molecule has 22 heavy (non-hydrogen) atoms. The third kappa shape index (κ3) is 5.90. The lowest BCUT2D eigenvalue weighted by molar-refractivity contribution is -0.138. The second-order valence-electron chi connectivity index (χ2n) is 5.65. The Bertz CT molecular complexity index is 578. The van der Waals surface area contributed by atoms with Crippen LogP contribution in [0, 0.1) is 5.92 Å². The van der Waals surface area contributed by atoms with Crippen molar-refractivity contribution in [3.05, 3.63) is 70.7 Å². The van der Waals surface area contributed by atoms with Crippen LogP contribution in [0.15, 0.2) is 54.6 Å². The van der Waals surface area contributed by atoms with E-state index in [1.807, 2.05) is 42.5 Å². The minimum Gasteiger partial charge on any atom is -0.481 e. The second-order valence-corrected chi connectivity index (χ2v) is 6.09. The van der Waals surface area contributed by atoms with Gasteiger partial charge in [-0.2, -0.15) is 0 Å². The number of rotatable bonds is 8. The molecule has 2 rings (SSSR count). The first-order valence-electron chi connectivity index (χ1n) is 7.63. The zero-order valence-electron chi connectivity index (χ0n) is 12.5. The monoisotopic (exact) mass is 316 g/mol. The van der Waals surface area contributed by atoms with Crippen molar-refractivity contribution in [3.63, 3.8) is 0 Å². The van der Waals surface area contributed by atoms with Crippen LogP contribution in [0.2, 0.25) is 5.02 Å². The van der Waals surface area contributed by atoms with Gasteiger partial charge >= 0.3 is 5.97 Å². The highest BCUT2D eigenvalue weighted by atomic mass is 35.5. The van der Waals surface area contributed by atoms with Crippen LogP contribution in [0.5, 0.6) is 0 Å². The van der Waals surface area contributed by atoms with Crippen LogP contribution in [0.1, 0.15) is 30.4 Å². The molecular formula is C19H21ClO2. The third-order valence-corrected chi connectivity index (χ3v) is 4.15. The van der Waals surface area contributed by atoms with Crippen LogP contribution in [0.25, 0.3) is 0 Å². The first-order chi connectivity index (χ1) is 10.6. The van der Waals surface area contributed by atoms with Crippen molar-refractivity contribution >= 4 is 17.6 Å². The van der Waals surface area contributed by atoms with Crippen LogP contribution >= 0.6 is 11.6 Å². The lowest BCUT2D eigenvalue weighted by Crippen LogP contribution is -2.10. The number of benzene rings is 2. The summed E-state index contributed by atoms with van der Waals surface area (Å²) in [5, 5.41) is 9.83. The number of carboxylic acid groups (broad SMARTS) is 1. The summed E-state index contributed by atoms with van der Waals surface area (Å²) in [5.74, 6) is -0.512. The van der Waals surface area contributed by atoms with E-state index in [1.54, 1.807) is 0 Å². The second kappa shape index (κ2) is 8.60. The van der Waals surface area contributed by atoms with Gasteiger partial charge in [0.2, 0.25) is 0 Å². The molecule has 0 aliphatic carbocycles. The van der Waals surface area contributed by atoms with E-state index < -0.39 is 5.97 Å². The van der Waals surface area contributed by atoms with Crippen LogP contribution in [0.3, 0.4) is 0 Å². The summed E-state index contributed by atoms with van der Waals surface area (Å²) >= 11 is 5.88. The van der Waals surface area contributed by atoms with Crippen molar-refractivity contribution in [2.45, 2.75) is 32.1 Å². The van der Waals surface area contributed by atoms with E-state index >= 15 is 0 Å². The first-order valence-corrected chi connectivity index (χ1v) is 8.01. The fourth-order valence-corrected chi connectivity index (χ4v) is 2.76. The van der Waals surface area contributed by atoms with Gasteiger partial charge in [-0.3, -0.25) is 4.79 Å². The fourth-order valence-electron chi connectivity index (χ4n) is 2.63. The Hall–Kier alpha value is -1.80. The minimum absolute atomic E-state index is 0.202. The number of carboxylic acids is 1. The standard InChI is InChI=1S/C19H21ClO2/c20-18-12-10-16(11-13-18)7-9-17(14-19(21)22)8-6-15-4-2-1-3-5-15/h1-5,10-13,17H,6-9,14H2,(H,21,22). The number of carbonyl (C=O) groups is 1. The summed E-state index contributed by atoms with van der Waals surface area (Å²) in [4.78, 5) is 11.1. The van der Waals surface area contributed by atoms with Gasteiger partial charge < -0.3 is 5.11 Å². The van der Waals surface area contributed by atoms with Crippen LogP contribution in [0.4, 0.5) is 0 Å². The molecule has 2 nitrogen and oxygen atoms in total. The molecule has 0 radical (unpaired) electrons. The number of hydrogen-bond donors (Lipinski definition) is 1. The molecule has 3 heteroatoms. The molecule has 1 atom stereocenters. The number of hydrogen-bond acceptors (Lipinski definition) is 1. The van der Waals surface area contributed by atoms with E-state index in [-0.39, 0.29) is 12.3 Å². The molecule has 0 aliphatic heterocycles. The van der Waals surface area contributed by atoms with Crippen molar-refractivity contribution in [2.24, 2.45) is 5.92 Å². The maximum absolute atomic E-state index is 11.1. The lowest BCUT2D eigenvalue weighted by Gasteiger charge is -2.15. The van der Waals surface area contributed by atoms with E-state index in [1.165, 1.54) is 11.1 Å². The molecule has 2 aromatic rings. The Labute approximate surface area is 136 Å². The zero-order chi connectivity index (χ0) is 15.8. The van der Waals surface area contributed by atoms with E-state index in [9.17, 15) is 4.79 Å². The molecular weight excluding hydrogens is 296 g/mol. The molecule has 0 aliphatic rings. The predicted octanol–water partition coefficient (Wildman–Crippen LogP) is 5.00. The molecule has 1 unspecified atom stereocenters. The maximum atomic E-state index is 11.1. The van der Waals surface area contributed by atoms with Crippen LogP contribution in [-0.4, -0.2) is 11.1 Å². The molecule has 116 valence electrons. The van der Waals surface area contributed by atoms with Gasteiger partial charge in [-0.25, -0.2) is 0 Å². The van der Waals surface area contributed by atoms with Gasteiger partial charge in [0, 0.05) is 11.4 Å². The Morgan fingerprint density at radius 2 is 1.45 bits per heavy atom. The van der Waals surface area contributed by atoms with E-state index in [0.717, 1.165) is 30.7 Å². The molecule has 0 saturated heterocycles. The normalized spacial score (nSPS) is 12.0. The molecule has 0 heterocycles. The van der Waals surface area contributed by atoms with Gasteiger partial charge in [0.25, 0.3) is 0 Å². The van der Waals surface area contributed by atoms with E-state index in [0.29, 0.717) is 0 Å². The third-order valence-electron chi connectivity index (χ3n) is 3.90. The Balaban J connectivity index is 1.88. The van der Waals surface area contributed by atoms with E-state index in [2.05, 4.69) is 12.1 Å². The molecule has 0 fully saturated rings. The summed E-state index contributed by atoms with van der Waals surface area (Å²) in [6.07, 6.45) is 3.86. The highest BCUT2D eigenvalue weighted by Gasteiger charge is 2.13. The average Bonchev–Trinajstić information content (AvgIpc) is 2.52. The summed E-state index contributed by atoms with van der Waals surface area (Å²) in [5.41, 5.74) is 2.48. The molecule has 0 spiro atoms. The van der Waals surface area contributed by atoms with Gasteiger partial charge in [-0.15, -0.1) is 0 Å². The predicted molar refractivity (Wildman–Crippen MR) is 90.3 cm³/mol. The van der Waals surface area contributed by atoms with Crippen molar-refractivity contribution in [1.29, 1.82) is 0 Å². The summed E-state index contributed by atoms with van der Waals surface area (Å²) in [6, 6.07) is 18.0. The zero-order valence-corrected chi connectivity index (χ0v) is 13.3. The molecule has 2 aromatic carbocycles. The number of halogens is 1. The van der Waals surface area contributed by atoms with Crippen LogP contribution in [-0.2, 0) is 17.6 Å². The SMILES string of the molecule is O=C(O)CC(CCc1ccccc1)CCc1ccc(Cl)cc1. The minimum atomic E-state index is -0.714. The number of aliphatic carboxylic acids is 1. The lowest BCUT2D eigenvalue weighted by atomic mass is 9.90. The first kappa shape index (κ1) is 16.6. The molecule has 1 N–H and O–H groups in total. The summed E-state index contributed by atoms with van der Waals surface area (Å²) < 4.78 is 0. The molecule has 0 aromatic heterocycles. The molecule has 0 saturated carbocycles. The van der Waals surface area contributed by atoms with Crippen molar-refractivity contribution in [3.8, 4) is 0 Å². The Morgan fingerprint density at radius 1 is 0.909 bits per heavy atom. The maximum Gasteiger partial charge on any atom is 0.303 e. The number of aryl methyl sites for hydroxylation is 2. The largest absolute Gasteiger partial charge is 0.481 e. The summed E-state index contributed by atoms with van der Waals surface area (Å²) in [7, 11) is 0. The smallest absolute Gasteiger partial charge is 0.303 e. The summed E-state index contributed by atoms with van der Waals surface area (Å²) in [6.45, 7) is 0. The molecule has 0 amide bonds. The van der Waals surface area contributed by atoms with Crippen molar-refractivity contribution in [2.75, 3.05) is 0 Å². The fraction of sp³-hybridized carbons (Fsp3) is 0.316. The molecule has 0 bridgehead atoms. The van der Waals surface area contributed by atoms with Gasteiger partial charge in [-0.05, 0) is 54.9 Å². The highest BCUT2D eigenvalue weighted by molar-refractivity contribution is 6.30. The average molecular weight is 317 g/mol. The highest BCUT2D eigenvalue weighted by Crippen LogP contribution is 2.20. The van der Waals surface area contributed by atoms with Gasteiger partial charge in [0.1, 0.15) is 0 Å². The van der Waals surface area contributed by atoms with Gasteiger partial charge in [0.05, 0.1) is 0 Å². The van der Waals surface area contributed by atoms with E-state index in [4.69, 9.17) is 16.7 Å². The topological polar surface area (TPSA) is 37.3 Å². The Kier molecular flexibility index (Phi) is 6.47. The Morgan fingerprint density at radius 3 is 2.00 bits per heavy atom.